The van der Waals surface area contributed by atoms with Gasteiger partial charge in [0.1, 0.15) is 5.82 Å². The van der Waals surface area contributed by atoms with Gasteiger partial charge >= 0.3 is 0 Å². The Morgan fingerprint density at radius 3 is 2.50 bits per heavy atom. The predicted octanol–water partition coefficient (Wildman–Crippen LogP) is 5.62. The lowest BCUT2D eigenvalue weighted by atomic mass is 9.98. The number of anilines is 1. The summed E-state index contributed by atoms with van der Waals surface area (Å²) >= 11 is 6.44. The minimum absolute atomic E-state index is 0.749. The molecule has 0 aliphatic rings. The summed E-state index contributed by atoms with van der Waals surface area (Å²) in [7, 11) is 0. The number of rotatable bonds is 7. The van der Waals surface area contributed by atoms with Crippen LogP contribution in [0.4, 0.5) is 5.82 Å². The average molecular weight is 368 g/mol. The van der Waals surface area contributed by atoms with Gasteiger partial charge in [-0.1, -0.05) is 61.8 Å². The van der Waals surface area contributed by atoms with Crippen molar-refractivity contribution < 1.29 is 0 Å². The van der Waals surface area contributed by atoms with Gasteiger partial charge in [0.2, 0.25) is 0 Å². The Morgan fingerprint density at radius 2 is 1.77 bits per heavy atom. The number of aromatic nitrogens is 1. The Labute approximate surface area is 161 Å². The highest BCUT2D eigenvalue weighted by Crippen LogP contribution is 2.36. The van der Waals surface area contributed by atoms with Crippen LogP contribution in [0.1, 0.15) is 19.4 Å². The van der Waals surface area contributed by atoms with E-state index in [1.165, 1.54) is 16.3 Å². The van der Waals surface area contributed by atoms with Crippen LogP contribution in [-0.4, -0.2) is 36.1 Å². The van der Waals surface area contributed by atoms with Crippen LogP contribution in [0.2, 0.25) is 5.02 Å². The van der Waals surface area contributed by atoms with Gasteiger partial charge in [0, 0.05) is 40.8 Å². The second kappa shape index (κ2) is 8.52. The molecule has 4 heteroatoms. The summed E-state index contributed by atoms with van der Waals surface area (Å²) in [5, 5.41) is 6.63. The summed E-state index contributed by atoms with van der Waals surface area (Å²) < 4.78 is 0. The molecular weight excluding hydrogens is 342 g/mol. The summed E-state index contributed by atoms with van der Waals surface area (Å²) in [4.78, 5) is 7.15. The van der Waals surface area contributed by atoms with E-state index in [0.717, 1.165) is 48.1 Å². The highest BCUT2D eigenvalue weighted by Gasteiger charge is 2.13. The minimum atomic E-state index is 0.749. The third kappa shape index (κ3) is 3.84. The maximum absolute atomic E-state index is 6.44. The molecule has 0 bridgehead atoms. The van der Waals surface area contributed by atoms with Crippen LogP contribution in [0.5, 0.6) is 0 Å². The molecule has 2 aromatic carbocycles. The molecule has 3 rings (SSSR count). The predicted molar refractivity (Wildman–Crippen MR) is 113 cm³/mol. The molecule has 0 radical (unpaired) electrons. The molecule has 1 aromatic heterocycles. The molecule has 1 heterocycles. The SMILES string of the molecule is CCN(CC)CCNc1ncc(-c2ccccc2Cl)c2cccc(C)c12. The molecule has 0 spiro atoms. The maximum Gasteiger partial charge on any atom is 0.134 e. The number of halogens is 1. The van der Waals surface area contributed by atoms with E-state index < -0.39 is 0 Å². The van der Waals surface area contributed by atoms with Crippen molar-refractivity contribution in [3.63, 3.8) is 0 Å². The first kappa shape index (κ1) is 18.7. The van der Waals surface area contributed by atoms with Crippen molar-refractivity contribution in [3.8, 4) is 11.1 Å². The summed E-state index contributed by atoms with van der Waals surface area (Å²) in [6, 6.07) is 14.3. The van der Waals surface area contributed by atoms with Crippen molar-refractivity contribution in [1.29, 1.82) is 0 Å². The largest absolute Gasteiger partial charge is 0.368 e. The van der Waals surface area contributed by atoms with E-state index in [-0.39, 0.29) is 0 Å². The number of pyridine rings is 1. The molecule has 0 unspecified atom stereocenters. The molecule has 1 N–H and O–H groups in total. The number of fused-ring (bicyclic) bond motifs is 1. The van der Waals surface area contributed by atoms with Crippen LogP contribution in [-0.2, 0) is 0 Å². The Kier molecular flexibility index (Phi) is 6.12. The van der Waals surface area contributed by atoms with E-state index in [0.29, 0.717) is 0 Å². The Hall–Kier alpha value is -2.10. The van der Waals surface area contributed by atoms with Crippen LogP contribution in [0.3, 0.4) is 0 Å². The molecule has 0 saturated carbocycles. The van der Waals surface area contributed by atoms with Gasteiger partial charge in [-0.05, 0) is 37.0 Å². The molecule has 0 saturated heterocycles. The number of likely N-dealkylation sites (N-methyl/N-ethyl adjacent to an activating group) is 1. The highest BCUT2D eigenvalue weighted by atomic mass is 35.5. The highest BCUT2D eigenvalue weighted by molar-refractivity contribution is 6.33. The van der Waals surface area contributed by atoms with Gasteiger partial charge in [-0.3, -0.25) is 0 Å². The van der Waals surface area contributed by atoms with Crippen molar-refractivity contribution in [1.82, 2.24) is 9.88 Å². The fraction of sp³-hybridized carbons (Fsp3) is 0.318. The lowest BCUT2D eigenvalue weighted by molar-refractivity contribution is 0.316. The number of hydrogen-bond acceptors (Lipinski definition) is 3. The van der Waals surface area contributed by atoms with Gasteiger partial charge in [-0.2, -0.15) is 0 Å². The van der Waals surface area contributed by atoms with Crippen molar-refractivity contribution in [3.05, 3.63) is 59.2 Å². The van der Waals surface area contributed by atoms with Crippen LogP contribution < -0.4 is 5.32 Å². The molecular formula is C22H26ClN3. The third-order valence-electron chi connectivity index (χ3n) is 4.90. The minimum Gasteiger partial charge on any atom is -0.368 e. The van der Waals surface area contributed by atoms with Crippen LogP contribution in [0.15, 0.2) is 48.7 Å². The zero-order chi connectivity index (χ0) is 18.5. The average Bonchev–Trinajstić information content (AvgIpc) is 2.66. The second-order valence-corrected chi connectivity index (χ2v) is 6.86. The van der Waals surface area contributed by atoms with Gasteiger partial charge in [-0.15, -0.1) is 0 Å². The molecule has 3 nitrogen and oxygen atoms in total. The van der Waals surface area contributed by atoms with Crippen molar-refractivity contribution in [2.24, 2.45) is 0 Å². The Bertz CT molecular complexity index is 888. The first-order chi connectivity index (χ1) is 12.7. The number of nitrogens with zero attached hydrogens (tertiary/aromatic N) is 2. The molecule has 0 aliphatic heterocycles. The topological polar surface area (TPSA) is 28.2 Å². The van der Waals surface area contributed by atoms with Crippen LogP contribution >= 0.6 is 11.6 Å². The second-order valence-electron chi connectivity index (χ2n) is 6.45. The van der Waals surface area contributed by atoms with Crippen LogP contribution in [0.25, 0.3) is 21.9 Å². The van der Waals surface area contributed by atoms with E-state index in [1.807, 2.05) is 24.4 Å². The lowest BCUT2D eigenvalue weighted by Gasteiger charge is -2.19. The summed E-state index contributed by atoms with van der Waals surface area (Å²) in [5.41, 5.74) is 3.31. The number of aryl methyl sites for hydroxylation is 1. The van der Waals surface area contributed by atoms with Crippen molar-refractivity contribution in [2.75, 3.05) is 31.5 Å². The first-order valence-corrected chi connectivity index (χ1v) is 9.63. The third-order valence-corrected chi connectivity index (χ3v) is 5.23. The van der Waals surface area contributed by atoms with Gasteiger partial charge < -0.3 is 10.2 Å². The zero-order valence-corrected chi connectivity index (χ0v) is 16.5. The molecule has 0 amide bonds. The number of hydrogen-bond donors (Lipinski definition) is 1. The Balaban J connectivity index is 2.00. The summed E-state index contributed by atoms with van der Waals surface area (Å²) in [5.74, 6) is 0.945. The van der Waals surface area contributed by atoms with E-state index in [4.69, 9.17) is 16.6 Å². The maximum atomic E-state index is 6.44. The first-order valence-electron chi connectivity index (χ1n) is 9.25. The normalized spacial score (nSPS) is 11.3. The van der Waals surface area contributed by atoms with E-state index >= 15 is 0 Å². The number of benzene rings is 2. The van der Waals surface area contributed by atoms with Crippen LogP contribution in [0, 0.1) is 6.92 Å². The lowest BCUT2D eigenvalue weighted by Crippen LogP contribution is -2.28. The quantitative estimate of drug-likeness (QED) is 0.587. The summed E-state index contributed by atoms with van der Waals surface area (Å²) in [6.45, 7) is 10.5. The molecule has 0 fully saturated rings. The smallest absolute Gasteiger partial charge is 0.134 e. The van der Waals surface area contributed by atoms with Gasteiger partial charge in [-0.25, -0.2) is 4.98 Å². The molecule has 136 valence electrons. The van der Waals surface area contributed by atoms with E-state index in [2.05, 4.69) is 55.3 Å². The van der Waals surface area contributed by atoms with E-state index in [1.54, 1.807) is 0 Å². The Morgan fingerprint density at radius 1 is 1.00 bits per heavy atom. The summed E-state index contributed by atoms with van der Waals surface area (Å²) in [6.07, 6.45) is 1.93. The van der Waals surface area contributed by atoms with Gasteiger partial charge in [0.25, 0.3) is 0 Å². The standard InChI is InChI=1S/C22H26ClN3/c1-4-26(5-2)14-13-24-22-21-16(3)9-8-11-18(21)19(15-25-22)17-10-6-7-12-20(17)23/h6-12,15H,4-5,13-14H2,1-3H3,(H,24,25). The van der Waals surface area contributed by atoms with Crippen molar-refractivity contribution >= 4 is 28.2 Å². The fourth-order valence-corrected chi connectivity index (χ4v) is 3.61. The number of nitrogens with one attached hydrogen (secondary N) is 1. The van der Waals surface area contributed by atoms with Gasteiger partial charge in [0.05, 0.1) is 0 Å². The van der Waals surface area contributed by atoms with Gasteiger partial charge in [0.15, 0.2) is 0 Å². The molecule has 26 heavy (non-hydrogen) atoms. The van der Waals surface area contributed by atoms with E-state index in [9.17, 15) is 0 Å². The fourth-order valence-electron chi connectivity index (χ4n) is 3.37. The molecule has 0 aliphatic carbocycles. The monoisotopic (exact) mass is 367 g/mol. The molecule has 0 atom stereocenters. The molecule has 3 aromatic rings. The zero-order valence-electron chi connectivity index (χ0n) is 15.7. The van der Waals surface area contributed by atoms with Crippen molar-refractivity contribution in [2.45, 2.75) is 20.8 Å².